The topological polar surface area (TPSA) is 68.1 Å². The highest BCUT2D eigenvalue weighted by atomic mass is 16.5. The summed E-state index contributed by atoms with van der Waals surface area (Å²) in [6, 6.07) is 0. The quantitative estimate of drug-likeness (QED) is 0.614. The highest BCUT2D eigenvalue weighted by Crippen LogP contribution is 2.71. The summed E-state index contributed by atoms with van der Waals surface area (Å²) >= 11 is 0. The van der Waals surface area contributed by atoms with E-state index in [4.69, 9.17) is 4.74 Å². The van der Waals surface area contributed by atoms with Gasteiger partial charge in [0.05, 0.1) is 6.54 Å². The van der Waals surface area contributed by atoms with Crippen molar-refractivity contribution in [3.8, 4) is 0 Å². The van der Waals surface area contributed by atoms with Crippen molar-refractivity contribution < 1.29 is 14.3 Å². The van der Waals surface area contributed by atoms with E-state index in [1.165, 1.54) is 32.6 Å². The lowest BCUT2D eigenvalue weighted by Gasteiger charge is -2.61. The summed E-state index contributed by atoms with van der Waals surface area (Å²) in [7, 11) is 0. The number of hydrogen-bond donors (Lipinski definition) is 0. The third kappa shape index (κ3) is 2.45. The zero-order valence-electron chi connectivity index (χ0n) is 18.4. The average molecular weight is 401 g/mol. The van der Waals surface area contributed by atoms with Gasteiger partial charge < -0.3 is 4.74 Å². The number of Topliss-reactive ketones (excluding diaryl/α,β-unsaturated/α-hetero) is 1. The lowest BCUT2D eigenvalue weighted by atomic mass is 9.44. The third-order valence-corrected chi connectivity index (χ3v) is 10.4. The van der Waals surface area contributed by atoms with Gasteiger partial charge in [0.25, 0.3) is 0 Å². The number of ketones is 1. The Labute approximate surface area is 174 Å². The molecule has 5 heteroatoms. The minimum absolute atomic E-state index is 0.0250. The van der Waals surface area contributed by atoms with Gasteiger partial charge in [0.2, 0.25) is 0 Å². The second-order valence-electron chi connectivity index (χ2n) is 11.3. The van der Waals surface area contributed by atoms with E-state index in [0.29, 0.717) is 29.1 Å². The largest absolute Gasteiger partial charge is 0.463 e. The summed E-state index contributed by atoms with van der Waals surface area (Å²) in [6.07, 6.45) is 9.26. The fraction of sp³-hybridized carbons (Fsp3) is 0.917. The maximum Gasteiger partial charge on any atom is 0.302 e. The van der Waals surface area contributed by atoms with Crippen molar-refractivity contribution in [2.24, 2.45) is 50.6 Å². The van der Waals surface area contributed by atoms with Gasteiger partial charge in [0.15, 0.2) is 5.78 Å². The van der Waals surface area contributed by atoms with Gasteiger partial charge in [-0.3, -0.25) is 9.59 Å². The molecule has 0 radical (unpaired) electrons. The van der Waals surface area contributed by atoms with Crippen molar-refractivity contribution in [2.75, 3.05) is 6.54 Å². The van der Waals surface area contributed by atoms with E-state index in [1.54, 1.807) is 6.92 Å². The van der Waals surface area contributed by atoms with Gasteiger partial charge >= 0.3 is 5.97 Å². The molecular formula is C24H36N2O3. The van der Waals surface area contributed by atoms with Crippen LogP contribution in [-0.2, 0) is 14.3 Å². The Kier molecular flexibility index (Phi) is 4.32. The molecule has 0 bridgehead atoms. The normalized spacial score (nSPS) is 52.8. The smallest absolute Gasteiger partial charge is 0.302 e. The zero-order valence-corrected chi connectivity index (χ0v) is 18.4. The van der Waals surface area contributed by atoms with E-state index in [2.05, 4.69) is 24.1 Å². The molecule has 0 amide bonds. The van der Waals surface area contributed by atoms with Crippen LogP contribution >= 0.6 is 0 Å². The number of hydrogen-bond acceptors (Lipinski definition) is 5. The molecule has 9 atom stereocenters. The van der Waals surface area contributed by atoms with Crippen LogP contribution in [0.5, 0.6) is 0 Å². The Bertz CT molecular complexity index is 765. The summed E-state index contributed by atoms with van der Waals surface area (Å²) in [5.74, 6) is 3.12. The van der Waals surface area contributed by atoms with E-state index < -0.39 is 5.54 Å². The van der Waals surface area contributed by atoms with Gasteiger partial charge in [-0.2, -0.15) is 10.2 Å². The van der Waals surface area contributed by atoms with Crippen LogP contribution in [0.3, 0.4) is 0 Å². The van der Waals surface area contributed by atoms with Gasteiger partial charge in [-0.15, -0.1) is 0 Å². The molecule has 0 aromatic carbocycles. The van der Waals surface area contributed by atoms with E-state index in [9.17, 15) is 9.59 Å². The van der Waals surface area contributed by atoms with Gasteiger partial charge in [-0.25, -0.2) is 0 Å². The molecule has 4 aliphatic carbocycles. The lowest BCUT2D eigenvalue weighted by molar-refractivity contribution is -0.161. The van der Waals surface area contributed by atoms with Crippen LogP contribution in [0.2, 0.25) is 0 Å². The molecule has 5 nitrogen and oxygen atoms in total. The SMILES string of the molecule is CC(=O)OC1CC[C@]2(C)C3CC[C@@]4(C)C(CC5CN=N[C@]54C(C)=O)C3CC[C@H]2C1. The van der Waals surface area contributed by atoms with Crippen molar-refractivity contribution in [1.82, 2.24) is 0 Å². The van der Waals surface area contributed by atoms with Gasteiger partial charge in [-0.1, -0.05) is 13.8 Å². The number of fused-ring (bicyclic) bond motifs is 7. The first-order valence-corrected chi connectivity index (χ1v) is 11.8. The molecule has 4 fully saturated rings. The van der Waals surface area contributed by atoms with Crippen LogP contribution in [0.1, 0.15) is 79.1 Å². The van der Waals surface area contributed by atoms with Crippen LogP contribution in [0.25, 0.3) is 0 Å². The highest BCUT2D eigenvalue weighted by molar-refractivity contribution is 5.88. The number of carbonyl (C=O) groups is 2. The number of carbonyl (C=O) groups excluding carboxylic acids is 2. The predicted octanol–water partition coefficient (Wildman–Crippen LogP) is 4.98. The van der Waals surface area contributed by atoms with Crippen LogP contribution < -0.4 is 0 Å². The first-order chi connectivity index (χ1) is 13.7. The Hall–Kier alpha value is -1.26. The number of rotatable bonds is 2. The fourth-order valence-electron chi connectivity index (χ4n) is 9.15. The summed E-state index contributed by atoms with van der Waals surface area (Å²) < 4.78 is 5.60. The standard InChI is InChI=1S/C24H36N2O3/c1-14(27)24-17(13-25-26-24)12-21-19-6-5-16-11-18(29-15(2)28)7-9-22(16,3)20(19)8-10-23(21,24)4/h16-21H,5-13H2,1-4H3/t16-,17?,18?,19?,20?,21?,22-,23-,24+/m0/s1. The van der Waals surface area contributed by atoms with E-state index in [0.717, 1.165) is 38.1 Å². The molecule has 5 unspecified atom stereocenters. The van der Waals surface area contributed by atoms with Gasteiger partial charge in [-0.05, 0) is 87.4 Å². The third-order valence-electron chi connectivity index (χ3n) is 10.4. The molecule has 0 saturated heterocycles. The molecule has 0 aromatic rings. The number of azo groups is 1. The van der Waals surface area contributed by atoms with Crippen molar-refractivity contribution in [1.29, 1.82) is 0 Å². The maximum absolute atomic E-state index is 12.9. The van der Waals surface area contributed by atoms with Crippen molar-refractivity contribution in [2.45, 2.75) is 90.7 Å². The summed E-state index contributed by atoms with van der Waals surface area (Å²) in [5, 5.41) is 9.06. The van der Waals surface area contributed by atoms with Crippen molar-refractivity contribution in [3.63, 3.8) is 0 Å². The molecule has 5 rings (SSSR count). The van der Waals surface area contributed by atoms with E-state index in [1.807, 2.05) is 0 Å². The molecule has 5 aliphatic rings. The Balaban J connectivity index is 1.42. The van der Waals surface area contributed by atoms with Crippen LogP contribution in [0, 0.1) is 40.4 Å². The first kappa shape index (κ1) is 19.7. The van der Waals surface area contributed by atoms with Gasteiger partial charge in [0, 0.05) is 18.3 Å². The lowest BCUT2D eigenvalue weighted by Crippen LogP contribution is -2.58. The molecular weight excluding hydrogens is 364 g/mol. The van der Waals surface area contributed by atoms with Crippen LogP contribution in [-0.4, -0.2) is 29.9 Å². The zero-order chi connectivity index (χ0) is 20.6. The molecule has 160 valence electrons. The number of esters is 1. The first-order valence-electron chi connectivity index (χ1n) is 11.8. The highest BCUT2D eigenvalue weighted by Gasteiger charge is 2.71. The summed E-state index contributed by atoms with van der Waals surface area (Å²) in [5.41, 5.74) is -0.223. The van der Waals surface area contributed by atoms with Crippen LogP contribution in [0.15, 0.2) is 10.2 Å². The minimum Gasteiger partial charge on any atom is -0.463 e. The maximum atomic E-state index is 12.9. The van der Waals surface area contributed by atoms with E-state index in [-0.39, 0.29) is 23.3 Å². The Morgan fingerprint density at radius 3 is 2.45 bits per heavy atom. The van der Waals surface area contributed by atoms with Gasteiger partial charge in [0.1, 0.15) is 11.6 Å². The Morgan fingerprint density at radius 1 is 0.931 bits per heavy atom. The molecule has 4 saturated carbocycles. The second kappa shape index (κ2) is 6.37. The Morgan fingerprint density at radius 2 is 1.72 bits per heavy atom. The van der Waals surface area contributed by atoms with Crippen LogP contribution in [0.4, 0.5) is 0 Å². The molecule has 29 heavy (non-hydrogen) atoms. The fourth-order valence-corrected chi connectivity index (χ4v) is 9.15. The number of nitrogens with zero attached hydrogens (tertiary/aromatic N) is 2. The summed E-state index contributed by atoms with van der Waals surface area (Å²) in [4.78, 5) is 24.3. The molecule has 0 N–H and O–H groups in total. The minimum atomic E-state index is -0.548. The molecule has 0 spiro atoms. The summed E-state index contributed by atoms with van der Waals surface area (Å²) in [6.45, 7) is 8.92. The monoisotopic (exact) mass is 400 g/mol. The molecule has 1 aliphatic heterocycles. The predicted molar refractivity (Wildman–Crippen MR) is 109 cm³/mol. The molecule has 1 heterocycles. The second-order valence-corrected chi connectivity index (χ2v) is 11.3. The number of ether oxygens (including phenoxy) is 1. The van der Waals surface area contributed by atoms with Crippen molar-refractivity contribution >= 4 is 11.8 Å². The van der Waals surface area contributed by atoms with E-state index >= 15 is 0 Å². The molecule has 0 aromatic heterocycles. The van der Waals surface area contributed by atoms with Crippen molar-refractivity contribution in [3.05, 3.63) is 0 Å². The average Bonchev–Trinajstić information content (AvgIpc) is 3.18.